The molecule has 2 aliphatic rings. The average Bonchev–Trinajstić information content (AvgIpc) is 2.92. The second-order valence-corrected chi connectivity index (χ2v) is 7.20. The summed E-state index contributed by atoms with van der Waals surface area (Å²) in [6.07, 6.45) is -5.51. The number of hydrogen-bond acceptors (Lipinski definition) is 5. The number of ether oxygens (including phenoxy) is 2. The molecule has 0 N–H and O–H groups in total. The van der Waals surface area contributed by atoms with Crippen LogP contribution in [0.4, 0.5) is 26.7 Å². The summed E-state index contributed by atoms with van der Waals surface area (Å²) < 4.78 is 73.3. The van der Waals surface area contributed by atoms with Crippen molar-refractivity contribution >= 4 is 12.0 Å². The molecule has 0 spiro atoms. The minimum Gasteiger partial charge on any atom is -0.409 e. The highest BCUT2D eigenvalue weighted by atomic mass is 19.4. The molecule has 2 atom stereocenters. The molecule has 0 aliphatic carbocycles. The van der Waals surface area contributed by atoms with E-state index in [1.54, 1.807) is 0 Å². The van der Waals surface area contributed by atoms with Gasteiger partial charge >= 0.3 is 12.5 Å². The number of piperidine rings is 1. The fraction of sp³-hybridized carbons (Fsp3) is 0.588. The van der Waals surface area contributed by atoms with E-state index in [-0.39, 0.29) is 30.5 Å². The summed E-state index contributed by atoms with van der Waals surface area (Å²) in [7, 11) is 0. The van der Waals surface area contributed by atoms with E-state index in [9.17, 15) is 31.5 Å². The molecule has 1 unspecified atom stereocenters. The predicted octanol–water partition coefficient (Wildman–Crippen LogP) is 3.06. The maximum atomic E-state index is 14.2. The van der Waals surface area contributed by atoms with Crippen LogP contribution in [-0.4, -0.2) is 64.7 Å². The van der Waals surface area contributed by atoms with E-state index in [0.29, 0.717) is 6.54 Å². The number of rotatable bonds is 3. The van der Waals surface area contributed by atoms with Gasteiger partial charge < -0.3 is 14.4 Å². The number of carbonyl (C=O) groups is 2. The van der Waals surface area contributed by atoms with Crippen molar-refractivity contribution in [1.29, 1.82) is 0 Å². The van der Waals surface area contributed by atoms with Gasteiger partial charge in [-0.25, -0.2) is 18.6 Å². The summed E-state index contributed by atoms with van der Waals surface area (Å²) in [5.74, 6) is -4.40. The summed E-state index contributed by atoms with van der Waals surface area (Å²) in [5.41, 5.74) is 0. The van der Waals surface area contributed by atoms with Crippen LogP contribution in [0.3, 0.4) is 0 Å². The van der Waals surface area contributed by atoms with Crippen LogP contribution in [0, 0.1) is 5.92 Å². The largest absolute Gasteiger partial charge is 0.574 e. The lowest BCUT2D eigenvalue weighted by Gasteiger charge is -2.40. The molecule has 2 fully saturated rings. The van der Waals surface area contributed by atoms with Crippen LogP contribution >= 0.6 is 0 Å². The van der Waals surface area contributed by atoms with Gasteiger partial charge in [0.25, 0.3) is 5.92 Å². The van der Waals surface area contributed by atoms with Crippen LogP contribution < -0.4 is 9.47 Å². The molecule has 0 saturated carbocycles. The van der Waals surface area contributed by atoms with Crippen molar-refractivity contribution in [3.8, 4) is 11.6 Å². The highest BCUT2D eigenvalue weighted by molar-refractivity contribution is 5.79. The van der Waals surface area contributed by atoms with Gasteiger partial charge in [-0.3, -0.25) is 9.69 Å². The number of hydrogen-bond donors (Lipinski definition) is 0. The molecule has 29 heavy (non-hydrogen) atoms. The zero-order valence-corrected chi connectivity index (χ0v) is 15.3. The van der Waals surface area contributed by atoms with Crippen molar-refractivity contribution in [2.45, 2.75) is 38.1 Å². The maximum absolute atomic E-state index is 14.2. The highest BCUT2D eigenvalue weighted by Crippen LogP contribution is 2.33. The number of alkyl halides is 5. The molecule has 0 bridgehead atoms. The van der Waals surface area contributed by atoms with Crippen LogP contribution in [0.15, 0.2) is 18.3 Å². The second-order valence-electron chi connectivity index (χ2n) is 7.20. The highest BCUT2D eigenvalue weighted by Gasteiger charge is 2.47. The molecule has 3 rings (SSSR count). The first kappa shape index (κ1) is 21.1. The summed E-state index contributed by atoms with van der Waals surface area (Å²) in [6, 6.07) is 0.982. The minimum absolute atomic E-state index is 0.0435. The van der Waals surface area contributed by atoms with Crippen molar-refractivity contribution in [2.75, 3.05) is 19.6 Å². The van der Waals surface area contributed by atoms with Gasteiger partial charge in [-0.2, -0.15) is 0 Å². The fourth-order valence-corrected chi connectivity index (χ4v) is 3.46. The van der Waals surface area contributed by atoms with E-state index in [2.05, 4.69) is 9.72 Å². The predicted molar refractivity (Wildman–Crippen MR) is 87.4 cm³/mol. The average molecular weight is 423 g/mol. The Morgan fingerprint density at radius 1 is 1.28 bits per heavy atom. The lowest BCUT2D eigenvalue weighted by atomic mass is 10.0. The number of carbonyl (C=O) groups excluding carboxylic acids is 2. The molecule has 160 valence electrons. The molecule has 1 aromatic rings. The zero-order valence-electron chi connectivity index (χ0n) is 15.3. The van der Waals surface area contributed by atoms with E-state index >= 15 is 0 Å². The Kier molecular flexibility index (Phi) is 5.54. The number of nitrogens with zero attached hydrogens (tertiary/aromatic N) is 3. The van der Waals surface area contributed by atoms with Gasteiger partial charge in [-0.15, -0.1) is 13.2 Å². The van der Waals surface area contributed by atoms with Gasteiger partial charge in [-0.1, -0.05) is 6.92 Å². The van der Waals surface area contributed by atoms with Crippen molar-refractivity contribution in [3.05, 3.63) is 18.3 Å². The van der Waals surface area contributed by atoms with Gasteiger partial charge in [-0.05, 0) is 12.0 Å². The first-order valence-electron chi connectivity index (χ1n) is 8.78. The van der Waals surface area contributed by atoms with Crippen LogP contribution in [0.5, 0.6) is 11.6 Å². The first-order chi connectivity index (χ1) is 13.4. The van der Waals surface area contributed by atoms with Gasteiger partial charge in [0.05, 0.1) is 18.8 Å². The number of halogens is 5. The molecule has 2 saturated heterocycles. The van der Waals surface area contributed by atoms with E-state index in [1.165, 1.54) is 4.90 Å². The second kappa shape index (κ2) is 7.64. The van der Waals surface area contributed by atoms with Crippen LogP contribution in [0.25, 0.3) is 0 Å². The van der Waals surface area contributed by atoms with Gasteiger partial charge in [0.1, 0.15) is 0 Å². The Balaban J connectivity index is 1.65. The number of amides is 2. The first-order valence-corrected chi connectivity index (χ1v) is 8.78. The Bertz CT molecular complexity index is 771. The summed E-state index contributed by atoms with van der Waals surface area (Å²) in [4.78, 5) is 29.8. The normalized spacial score (nSPS) is 24.6. The van der Waals surface area contributed by atoms with E-state index in [1.807, 2.05) is 6.92 Å². The monoisotopic (exact) mass is 423 g/mol. The van der Waals surface area contributed by atoms with Crippen LogP contribution in [0.2, 0.25) is 0 Å². The standard InChI is InChI=1S/C17H18F5N3O4/c1-10-4-14(26)25(7-10)11-5-16(18,19)9-24(8-11)15(27)28-12-2-3-13(23-6-12)29-17(20,21)22/h2-3,6,10-11H,4-5,7-9H2,1H3/t10-,11?/m1/s1. The molecular formula is C17H18F5N3O4. The van der Waals surface area contributed by atoms with Gasteiger partial charge in [0.2, 0.25) is 11.8 Å². The third-order valence-corrected chi connectivity index (χ3v) is 4.57. The smallest absolute Gasteiger partial charge is 0.409 e. The lowest BCUT2D eigenvalue weighted by Crippen LogP contribution is -2.57. The minimum atomic E-state index is -4.93. The molecule has 2 amide bonds. The van der Waals surface area contributed by atoms with Crippen molar-refractivity contribution in [2.24, 2.45) is 5.92 Å². The quantitative estimate of drug-likeness (QED) is 0.699. The van der Waals surface area contributed by atoms with Crippen molar-refractivity contribution < 1.29 is 41.0 Å². The summed E-state index contributed by atoms with van der Waals surface area (Å²) in [6.45, 7) is 1.16. The molecule has 12 heteroatoms. The maximum Gasteiger partial charge on any atom is 0.574 e. The van der Waals surface area contributed by atoms with Crippen molar-refractivity contribution in [1.82, 2.24) is 14.8 Å². The molecule has 2 aliphatic heterocycles. The topological polar surface area (TPSA) is 72.0 Å². The Morgan fingerprint density at radius 2 is 2.00 bits per heavy atom. The van der Waals surface area contributed by atoms with Gasteiger partial charge in [0.15, 0.2) is 5.75 Å². The lowest BCUT2D eigenvalue weighted by molar-refractivity contribution is -0.276. The SMILES string of the molecule is C[C@@H]1CC(=O)N(C2CN(C(=O)Oc3ccc(OC(F)(F)F)nc3)CC(F)(F)C2)C1. The molecule has 7 nitrogen and oxygen atoms in total. The number of aromatic nitrogens is 1. The molecule has 0 aromatic carbocycles. The van der Waals surface area contributed by atoms with Crippen LogP contribution in [0.1, 0.15) is 19.8 Å². The Labute approximate surface area is 162 Å². The molecule has 0 radical (unpaired) electrons. The van der Waals surface area contributed by atoms with E-state index < -0.39 is 43.3 Å². The molecule has 3 heterocycles. The van der Waals surface area contributed by atoms with E-state index in [0.717, 1.165) is 23.2 Å². The summed E-state index contributed by atoms with van der Waals surface area (Å²) >= 11 is 0. The number of pyridine rings is 1. The van der Waals surface area contributed by atoms with Gasteiger partial charge in [0, 0.05) is 32.0 Å². The third-order valence-electron chi connectivity index (χ3n) is 4.57. The van der Waals surface area contributed by atoms with Crippen molar-refractivity contribution in [3.63, 3.8) is 0 Å². The summed E-state index contributed by atoms with van der Waals surface area (Å²) in [5, 5.41) is 0. The molecule has 1 aromatic heterocycles. The Hall–Kier alpha value is -2.66. The van der Waals surface area contributed by atoms with E-state index in [4.69, 9.17) is 4.74 Å². The van der Waals surface area contributed by atoms with Crippen LogP contribution in [-0.2, 0) is 4.79 Å². The molecular weight excluding hydrogens is 405 g/mol. The third kappa shape index (κ3) is 5.45. The zero-order chi connectivity index (χ0) is 21.4. The Morgan fingerprint density at radius 3 is 2.55 bits per heavy atom. The number of likely N-dealkylation sites (tertiary alicyclic amines) is 2. The fourth-order valence-electron chi connectivity index (χ4n) is 3.46.